The smallest absolute Gasteiger partial charge is 0.242 e. The lowest BCUT2D eigenvalue weighted by Crippen LogP contribution is -2.40. The molecular formula is C25H30ClN3O2. The SMILES string of the molecule is NC(O)c1c(Cl)cccc1N1C(=O)C2(CCCCC2)c2cc(C3CCNCC3)ccc21. The van der Waals surface area contributed by atoms with Crippen molar-refractivity contribution >= 4 is 28.9 Å². The number of benzene rings is 2. The van der Waals surface area contributed by atoms with Gasteiger partial charge in [0.25, 0.3) is 0 Å². The zero-order valence-corrected chi connectivity index (χ0v) is 18.5. The Balaban J connectivity index is 1.67. The number of nitrogens with two attached hydrogens (primary N) is 1. The molecule has 5 rings (SSSR count). The molecule has 0 aromatic heterocycles. The van der Waals surface area contributed by atoms with E-state index in [1.807, 2.05) is 12.1 Å². The fraction of sp³-hybridized carbons (Fsp3) is 0.480. The van der Waals surface area contributed by atoms with E-state index in [1.165, 1.54) is 12.0 Å². The molecule has 31 heavy (non-hydrogen) atoms. The minimum atomic E-state index is -1.25. The summed E-state index contributed by atoms with van der Waals surface area (Å²) in [7, 11) is 0. The van der Waals surface area contributed by atoms with Crippen LogP contribution in [0.1, 0.15) is 73.8 Å². The number of hydrogen-bond donors (Lipinski definition) is 3. The highest BCUT2D eigenvalue weighted by Crippen LogP contribution is 2.54. The highest BCUT2D eigenvalue weighted by Gasteiger charge is 2.52. The number of amides is 1. The minimum Gasteiger partial charge on any atom is -0.374 e. The number of rotatable bonds is 3. The quantitative estimate of drug-likeness (QED) is 0.609. The summed E-state index contributed by atoms with van der Waals surface area (Å²) in [5.74, 6) is 0.623. The number of carbonyl (C=O) groups excluding carboxylic acids is 1. The van der Waals surface area contributed by atoms with Crippen molar-refractivity contribution in [3.63, 3.8) is 0 Å². The topological polar surface area (TPSA) is 78.6 Å². The third kappa shape index (κ3) is 3.39. The first-order chi connectivity index (χ1) is 15.0. The van der Waals surface area contributed by atoms with Crippen molar-refractivity contribution in [2.24, 2.45) is 5.73 Å². The highest BCUT2D eigenvalue weighted by atomic mass is 35.5. The Hall–Kier alpha value is -1.92. The number of halogens is 1. The molecule has 1 saturated heterocycles. The van der Waals surface area contributed by atoms with Gasteiger partial charge in [-0.15, -0.1) is 0 Å². The molecule has 3 aliphatic rings. The Kier molecular flexibility index (Phi) is 5.55. The molecule has 2 aromatic carbocycles. The molecule has 1 unspecified atom stereocenters. The third-order valence-electron chi connectivity index (χ3n) is 7.47. The van der Waals surface area contributed by atoms with Crippen LogP contribution in [0, 0.1) is 0 Å². The summed E-state index contributed by atoms with van der Waals surface area (Å²) >= 11 is 6.40. The molecule has 1 saturated carbocycles. The van der Waals surface area contributed by atoms with E-state index in [2.05, 4.69) is 23.5 Å². The first-order valence-electron chi connectivity index (χ1n) is 11.4. The predicted octanol–water partition coefficient (Wildman–Crippen LogP) is 4.64. The Morgan fingerprint density at radius 3 is 2.55 bits per heavy atom. The van der Waals surface area contributed by atoms with Crippen LogP contribution in [0.2, 0.25) is 5.02 Å². The van der Waals surface area contributed by atoms with Crippen molar-refractivity contribution in [2.45, 2.75) is 62.5 Å². The van der Waals surface area contributed by atoms with Crippen molar-refractivity contribution in [1.82, 2.24) is 5.32 Å². The number of aliphatic hydroxyl groups is 1. The first-order valence-corrected chi connectivity index (χ1v) is 11.8. The maximum absolute atomic E-state index is 14.1. The van der Waals surface area contributed by atoms with Crippen molar-refractivity contribution in [2.75, 3.05) is 18.0 Å². The van der Waals surface area contributed by atoms with Crippen LogP contribution < -0.4 is 16.0 Å². The maximum Gasteiger partial charge on any atom is 0.242 e. The van der Waals surface area contributed by atoms with Crippen LogP contribution in [0.3, 0.4) is 0 Å². The van der Waals surface area contributed by atoms with Crippen LogP contribution in [0.4, 0.5) is 11.4 Å². The monoisotopic (exact) mass is 439 g/mol. The Morgan fingerprint density at radius 2 is 1.84 bits per heavy atom. The molecule has 6 heteroatoms. The number of anilines is 2. The summed E-state index contributed by atoms with van der Waals surface area (Å²) in [5.41, 5.74) is 9.76. The molecule has 2 aromatic rings. The van der Waals surface area contributed by atoms with Crippen LogP contribution in [0.15, 0.2) is 36.4 Å². The van der Waals surface area contributed by atoms with Gasteiger partial charge in [0.2, 0.25) is 5.91 Å². The Morgan fingerprint density at radius 1 is 1.10 bits per heavy atom. The fourth-order valence-corrected chi connectivity index (χ4v) is 6.15. The minimum absolute atomic E-state index is 0.0915. The van der Waals surface area contributed by atoms with Gasteiger partial charge in [0.05, 0.1) is 16.8 Å². The number of fused-ring (bicyclic) bond motifs is 2. The number of piperidine rings is 1. The van der Waals surface area contributed by atoms with Gasteiger partial charge in [0.1, 0.15) is 6.23 Å². The van der Waals surface area contributed by atoms with Crippen LogP contribution in [0.5, 0.6) is 0 Å². The van der Waals surface area contributed by atoms with E-state index in [0.29, 0.717) is 22.2 Å². The standard InChI is InChI=1S/C25H30ClN3O2/c26-19-5-4-6-21(22(19)23(27)30)29-20-8-7-17(16-9-13-28-14-10-16)15-18(20)25(24(29)31)11-2-1-3-12-25/h4-8,15-16,23,28,30H,1-3,9-14,27H2. The molecule has 1 aliphatic carbocycles. The van der Waals surface area contributed by atoms with Crippen molar-refractivity contribution in [3.05, 3.63) is 58.1 Å². The lowest BCUT2D eigenvalue weighted by molar-refractivity contribution is -0.123. The summed E-state index contributed by atoms with van der Waals surface area (Å²) in [6.07, 6.45) is 6.01. The molecular weight excluding hydrogens is 410 g/mol. The van der Waals surface area contributed by atoms with Crippen molar-refractivity contribution in [3.8, 4) is 0 Å². The normalized spacial score (nSPS) is 22.0. The van der Waals surface area contributed by atoms with Crippen LogP contribution >= 0.6 is 11.6 Å². The van der Waals surface area contributed by atoms with E-state index >= 15 is 0 Å². The molecule has 5 nitrogen and oxygen atoms in total. The summed E-state index contributed by atoms with van der Waals surface area (Å²) in [6.45, 7) is 2.08. The van der Waals surface area contributed by atoms with E-state index in [9.17, 15) is 9.90 Å². The van der Waals surface area contributed by atoms with E-state index in [1.54, 1.807) is 11.0 Å². The zero-order valence-electron chi connectivity index (χ0n) is 17.7. The maximum atomic E-state index is 14.1. The fourth-order valence-electron chi connectivity index (χ4n) is 5.87. The summed E-state index contributed by atoms with van der Waals surface area (Å²) < 4.78 is 0. The lowest BCUT2D eigenvalue weighted by atomic mass is 9.69. The van der Waals surface area contributed by atoms with Crippen LogP contribution in [-0.4, -0.2) is 24.1 Å². The number of carbonyl (C=O) groups is 1. The second-order valence-corrected chi connectivity index (χ2v) is 9.61. The van der Waals surface area contributed by atoms with Gasteiger partial charge >= 0.3 is 0 Å². The average molecular weight is 440 g/mol. The largest absolute Gasteiger partial charge is 0.374 e. The van der Waals surface area contributed by atoms with Gasteiger partial charge in [-0.1, -0.05) is 49.1 Å². The van der Waals surface area contributed by atoms with Gasteiger partial charge < -0.3 is 16.2 Å². The molecule has 2 heterocycles. The molecule has 1 spiro atoms. The predicted molar refractivity (Wildman–Crippen MR) is 124 cm³/mol. The summed E-state index contributed by atoms with van der Waals surface area (Å²) in [6, 6.07) is 11.9. The Bertz CT molecular complexity index is 994. The molecule has 0 bridgehead atoms. The molecule has 4 N–H and O–H groups in total. The zero-order chi connectivity index (χ0) is 21.6. The molecule has 2 aliphatic heterocycles. The van der Waals surface area contributed by atoms with Gasteiger partial charge in [-0.3, -0.25) is 9.69 Å². The second kappa shape index (κ2) is 8.21. The van der Waals surface area contributed by atoms with Gasteiger partial charge in [-0.05, 0) is 74.0 Å². The van der Waals surface area contributed by atoms with Crippen molar-refractivity contribution in [1.29, 1.82) is 0 Å². The highest BCUT2D eigenvalue weighted by molar-refractivity contribution is 6.32. The molecule has 0 radical (unpaired) electrons. The number of nitrogens with zero attached hydrogens (tertiary/aromatic N) is 1. The number of aliphatic hydroxyl groups excluding tert-OH is 1. The van der Waals surface area contributed by atoms with E-state index in [0.717, 1.165) is 62.9 Å². The van der Waals surface area contributed by atoms with Gasteiger partial charge in [-0.25, -0.2) is 0 Å². The van der Waals surface area contributed by atoms with E-state index in [-0.39, 0.29) is 5.91 Å². The molecule has 1 atom stereocenters. The van der Waals surface area contributed by atoms with E-state index < -0.39 is 11.6 Å². The second-order valence-electron chi connectivity index (χ2n) is 9.20. The summed E-state index contributed by atoms with van der Waals surface area (Å²) in [4.78, 5) is 15.8. The van der Waals surface area contributed by atoms with E-state index in [4.69, 9.17) is 17.3 Å². The molecule has 2 fully saturated rings. The van der Waals surface area contributed by atoms with Crippen LogP contribution in [-0.2, 0) is 10.2 Å². The van der Waals surface area contributed by atoms with Gasteiger partial charge in [0, 0.05) is 10.6 Å². The Labute approximate surface area is 188 Å². The average Bonchev–Trinajstić information content (AvgIpc) is 3.01. The first kappa shape index (κ1) is 21.0. The lowest BCUT2D eigenvalue weighted by Gasteiger charge is -2.33. The van der Waals surface area contributed by atoms with Crippen LogP contribution in [0.25, 0.3) is 0 Å². The summed E-state index contributed by atoms with van der Waals surface area (Å²) in [5, 5.41) is 14.1. The molecule has 1 amide bonds. The number of hydrogen-bond acceptors (Lipinski definition) is 4. The third-order valence-corrected chi connectivity index (χ3v) is 7.80. The molecule has 164 valence electrons. The van der Waals surface area contributed by atoms with Gasteiger partial charge in [-0.2, -0.15) is 0 Å². The number of nitrogens with one attached hydrogen (secondary N) is 1. The van der Waals surface area contributed by atoms with Crippen molar-refractivity contribution < 1.29 is 9.90 Å². The van der Waals surface area contributed by atoms with Gasteiger partial charge in [0.15, 0.2) is 0 Å².